The smallest absolute Gasteiger partial charge is 0.0702 e. The van der Waals surface area contributed by atoms with Gasteiger partial charge in [0.1, 0.15) is 0 Å². The fourth-order valence-electron chi connectivity index (χ4n) is 7.59. The second kappa shape index (κ2) is 12.2. The average Bonchev–Trinajstić information content (AvgIpc) is 3.75. The van der Waals surface area contributed by atoms with Crippen LogP contribution < -0.4 is 4.90 Å². The topological polar surface area (TPSA) is 8.17 Å². The van der Waals surface area contributed by atoms with E-state index in [2.05, 4.69) is 204 Å². The monoisotopic (exact) mass is 668 g/mol. The molecule has 0 fully saturated rings. The van der Waals surface area contributed by atoms with Crippen LogP contribution in [0.1, 0.15) is 0 Å². The molecule has 8 aromatic carbocycles. The third-order valence-corrected chi connectivity index (χ3v) is 11.1. The summed E-state index contributed by atoms with van der Waals surface area (Å²) in [5, 5.41) is 5.15. The van der Waals surface area contributed by atoms with Gasteiger partial charge in [-0.25, -0.2) is 0 Å². The van der Waals surface area contributed by atoms with E-state index in [1.807, 2.05) is 11.3 Å². The SMILES string of the molecule is c1ccc(-c2ccc(N(c3ccc(-c4ccc5c(c4)sc4ccccc45)cc3)c3ccccc3-n3c4ccccc4c4ccccc43)cc2)cc1. The molecular weight excluding hydrogens is 637 g/mol. The van der Waals surface area contributed by atoms with Gasteiger partial charge in [-0.2, -0.15) is 0 Å². The Labute approximate surface area is 300 Å². The first-order chi connectivity index (χ1) is 25.3. The summed E-state index contributed by atoms with van der Waals surface area (Å²) in [6.45, 7) is 0. The molecule has 0 aliphatic rings. The highest BCUT2D eigenvalue weighted by Crippen LogP contribution is 2.43. The normalized spacial score (nSPS) is 11.5. The van der Waals surface area contributed by atoms with Crippen molar-refractivity contribution in [3.8, 4) is 27.9 Å². The van der Waals surface area contributed by atoms with Crippen LogP contribution in [-0.2, 0) is 0 Å². The maximum absolute atomic E-state index is 2.42. The van der Waals surface area contributed by atoms with Crippen LogP contribution in [0, 0.1) is 0 Å². The summed E-state index contributed by atoms with van der Waals surface area (Å²) in [4.78, 5) is 2.40. The highest BCUT2D eigenvalue weighted by atomic mass is 32.1. The van der Waals surface area contributed by atoms with Gasteiger partial charge in [0.25, 0.3) is 0 Å². The van der Waals surface area contributed by atoms with E-state index in [0.717, 1.165) is 22.7 Å². The highest BCUT2D eigenvalue weighted by Gasteiger charge is 2.20. The van der Waals surface area contributed by atoms with E-state index in [1.165, 1.54) is 64.2 Å². The summed E-state index contributed by atoms with van der Waals surface area (Å²) in [6.07, 6.45) is 0. The summed E-state index contributed by atoms with van der Waals surface area (Å²) in [7, 11) is 0. The van der Waals surface area contributed by atoms with Crippen LogP contribution in [0.5, 0.6) is 0 Å². The van der Waals surface area contributed by atoms with Crippen molar-refractivity contribution in [3.05, 3.63) is 194 Å². The number of thiophene rings is 1. The molecule has 0 radical (unpaired) electrons. The van der Waals surface area contributed by atoms with Crippen LogP contribution in [0.4, 0.5) is 17.1 Å². The zero-order valence-corrected chi connectivity index (χ0v) is 28.6. The zero-order valence-electron chi connectivity index (χ0n) is 27.8. The quantitative estimate of drug-likeness (QED) is 0.171. The predicted octanol–water partition coefficient (Wildman–Crippen LogP) is 14.0. The molecule has 0 atom stereocenters. The van der Waals surface area contributed by atoms with E-state index in [-0.39, 0.29) is 0 Å². The molecule has 0 aliphatic heterocycles. The first kappa shape index (κ1) is 29.5. The third-order valence-electron chi connectivity index (χ3n) is 10.0. The molecule has 10 aromatic rings. The van der Waals surface area contributed by atoms with Crippen molar-refractivity contribution < 1.29 is 0 Å². The van der Waals surface area contributed by atoms with Crippen LogP contribution in [0.15, 0.2) is 194 Å². The van der Waals surface area contributed by atoms with Gasteiger partial charge in [-0.05, 0) is 82.9 Å². The van der Waals surface area contributed by atoms with Crippen LogP contribution in [-0.4, -0.2) is 4.57 Å². The minimum Gasteiger partial charge on any atom is -0.308 e. The van der Waals surface area contributed by atoms with Gasteiger partial charge in [0, 0.05) is 42.3 Å². The van der Waals surface area contributed by atoms with E-state index >= 15 is 0 Å². The summed E-state index contributed by atoms with van der Waals surface area (Å²) in [5.41, 5.74) is 11.7. The van der Waals surface area contributed by atoms with Gasteiger partial charge in [0.2, 0.25) is 0 Å². The first-order valence-corrected chi connectivity index (χ1v) is 18.2. The molecule has 51 heavy (non-hydrogen) atoms. The second-order valence-corrected chi connectivity index (χ2v) is 14.0. The van der Waals surface area contributed by atoms with Crippen LogP contribution >= 0.6 is 11.3 Å². The summed E-state index contributed by atoms with van der Waals surface area (Å²) < 4.78 is 5.06. The number of nitrogens with zero attached hydrogens (tertiary/aromatic N) is 2. The lowest BCUT2D eigenvalue weighted by atomic mass is 10.0. The molecule has 240 valence electrons. The standard InChI is InChI=1S/C48H32N2S/c1-2-12-33(13-3-1)34-22-27-37(28-23-34)49(38-29-24-35(25-30-38)36-26-31-42-41-16-6-11-21-47(41)51-48(42)32-36)45-19-9-10-20-46(45)50-43-17-7-4-14-39(43)40-15-5-8-18-44(40)50/h1-32H. The molecule has 3 heteroatoms. The predicted molar refractivity (Wildman–Crippen MR) is 219 cm³/mol. The van der Waals surface area contributed by atoms with Crippen molar-refractivity contribution in [2.75, 3.05) is 4.90 Å². The minimum absolute atomic E-state index is 1.10. The largest absolute Gasteiger partial charge is 0.308 e. The van der Waals surface area contributed by atoms with E-state index in [9.17, 15) is 0 Å². The molecule has 0 saturated carbocycles. The Morgan fingerprint density at radius 2 is 0.843 bits per heavy atom. The maximum Gasteiger partial charge on any atom is 0.0702 e. The Bertz CT molecular complexity index is 2790. The lowest BCUT2D eigenvalue weighted by Gasteiger charge is -2.28. The molecule has 0 saturated heterocycles. The van der Waals surface area contributed by atoms with Crippen LogP contribution in [0.2, 0.25) is 0 Å². The number of para-hydroxylation sites is 4. The maximum atomic E-state index is 2.42. The Kier molecular flexibility index (Phi) is 7.04. The Morgan fingerprint density at radius 3 is 1.53 bits per heavy atom. The molecule has 0 amide bonds. The average molecular weight is 669 g/mol. The van der Waals surface area contributed by atoms with Crippen molar-refractivity contribution in [2.45, 2.75) is 0 Å². The molecule has 10 rings (SSSR count). The molecular formula is C48H32N2S. The molecule has 2 heterocycles. The van der Waals surface area contributed by atoms with Gasteiger partial charge in [-0.3, -0.25) is 0 Å². The van der Waals surface area contributed by atoms with E-state index in [4.69, 9.17) is 0 Å². The third kappa shape index (κ3) is 5.01. The van der Waals surface area contributed by atoms with Gasteiger partial charge in [0.15, 0.2) is 0 Å². The number of hydrogen-bond donors (Lipinski definition) is 0. The fourth-order valence-corrected chi connectivity index (χ4v) is 8.74. The van der Waals surface area contributed by atoms with Gasteiger partial charge in [0.05, 0.1) is 22.4 Å². The second-order valence-electron chi connectivity index (χ2n) is 13.0. The van der Waals surface area contributed by atoms with Crippen molar-refractivity contribution >= 4 is 70.4 Å². The first-order valence-electron chi connectivity index (χ1n) is 17.4. The Balaban J connectivity index is 1.13. The molecule has 0 aliphatic carbocycles. The molecule has 0 bridgehead atoms. The van der Waals surface area contributed by atoms with Crippen molar-refractivity contribution in [2.24, 2.45) is 0 Å². The van der Waals surface area contributed by atoms with Gasteiger partial charge in [-0.15, -0.1) is 11.3 Å². The summed E-state index contributed by atoms with van der Waals surface area (Å²) in [5.74, 6) is 0. The van der Waals surface area contributed by atoms with Crippen molar-refractivity contribution in [1.29, 1.82) is 0 Å². The summed E-state index contributed by atoms with van der Waals surface area (Å²) in [6, 6.07) is 70.4. The fraction of sp³-hybridized carbons (Fsp3) is 0. The number of aromatic nitrogens is 1. The van der Waals surface area contributed by atoms with Gasteiger partial charge in [-0.1, -0.05) is 133 Å². The van der Waals surface area contributed by atoms with E-state index < -0.39 is 0 Å². The Morgan fingerprint density at radius 1 is 0.353 bits per heavy atom. The zero-order chi connectivity index (χ0) is 33.7. The van der Waals surface area contributed by atoms with E-state index in [0.29, 0.717) is 0 Å². The lowest BCUT2D eigenvalue weighted by molar-refractivity contribution is 1.15. The molecule has 2 aromatic heterocycles. The van der Waals surface area contributed by atoms with Crippen molar-refractivity contribution in [1.82, 2.24) is 4.57 Å². The highest BCUT2D eigenvalue weighted by molar-refractivity contribution is 7.25. The van der Waals surface area contributed by atoms with Crippen molar-refractivity contribution in [3.63, 3.8) is 0 Å². The number of fused-ring (bicyclic) bond motifs is 6. The van der Waals surface area contributed by atoms with Gasteiger partial charge < -0.3 is 9.47 Å². The molecule has 0 unspecified atom stereocenters. The number of anilines is 3. The Hall–Kier alpha value is -6.42. The number of hydrogen-bond acceptors (Lipinski definition) is 2. The number of benzene rings is 8. The lowest BCUT2D eigenvalue weighted by Crippen LogP contribution is -2.13. The molecule has 2 nitrogen and oxygen atoms in total. The van der Waals surface area contributed by atoms with Gasteiger partial charge >= 0.3 is 0 Å². The van der Waals surface area contributed by atoms with Crippen LogP contribution in [0.25, 0.3) is 69.9 Å². The molecule has 0 spiro atoms. The van der Waals surface area contributed by atoms with Crippen LogP contribution in [0.3, 0.4) is 0 Å². The number of rotatable bonds is 6. The summed E-state index contributed by atoms with van der Waals surface area (Å²) >= 11 is 1.86. The van der Waals surface area contributed by atoms with E-state index in [1.54, 1.807) is 0 Å². The molecule has 0 N–H and O–H groups in total. The minimum atomic E-state index is 1.10.